The van der Waals surface area contributed by atoms with Crippen LogP contribution in [0.5, 0.6) is 0 Å². The third kappa shape index (κ3) is 3.64. The highest BCUT2D eigenvalue weighted by atomic mass is 16.6. The Bertz CT molecular complexity index is 632. The maximum Gasteiger partial charge on any atom is 0.216 e. The Hall–Kier alpha value is -0.600. The number of rotatable bonds is 6. The minimum atomic E-state index is -0.272. The largest absolute Gasteiger partial charge is 0.264 e. The Balaban J connectivity index is 1.57. The molecule has 0 N–H and O–H groups in total. The van der Waals surface area contributed by atoms with Gasteiger partial charge in [0.05, 0.1) is 0 Å². The summed E-state index contributed by atoms with van der Waals surface area (Å²) in [6.45, 7) is 12.2. The lowest BCUT2D eigenvalue weighted by Gasteiger charge is -2.60. The molecule has 30 heavy (non-hydrogen) atoms. The molecule has 9 atom stereocenters. The van der Waals surface area contributed by atoms with E-state index in [4.69, 9.17) is 0 Å². The smallest absolute Gasteiger partial charge is 0.216 e. The second-order valence-corrected chi connectivity index (χ2v) is 12.9. The number of hydrogen-bond acceptors (Lipinski definition) is 2. The van der Waals surface area contributed by atoms with Crippen molar-refractivity contribution in [2.45, 2.75) is 118 Å². The van der Waals surface area contributed by atoms with Gasteiger partial charge in [-0.25, -0.2) is 0 Å². The highest BCUT2D eigenvalue weighted by Gasteiger charge is 2.65. The molecule has 4 aliphatic carbocycles. The first kappa shape index (κ1) is 22.6. The SMILES string of the molecule is CC(C)CCC[C@@H](C)[C@@H]1CC[C@@H]2[C@H]3[C@H]([N+](=O)[O-])C[C@H]4CCCC[C@@]4(C)[C@H]3CC[C@]21C. The van der Waals surface area contributed by atoms with Crippen LogP contribution in [-0.2, 0) is 0 Å². The van der Waals surface area contributed by atoms with Gasteiger partial charge >= 0.3 is 0 Å². The van der Waals surface area contributed by atoms with E-state index in [-0.39, 0.29) is 11.0 Å². The van der Waals surface area contributed by atoms with Gasteiger partial charge in [-0.2, -0.15) is 0 Å². The molecule has 0 saturated heterocycles. The Labute approximate surface area is 185 Å². The van der Waals surface area contributed by atoms with Gasteiger partial charge in [0.15, 0.2) is 0 Å². The molecule has 0 unspecified atom stereocenters. The number of hydrogen-bond donors (Lipinski definition) is 0. The lowest BCUT2D eigenvalue weighted by Crippen LogP contribution is -2.59. The molecule has 0 bridgehead atoms. The molecule has 0 aromatic carbocycles. The van der Waals surface area contributed by atoms with Crippen molar-refractivity contribution >= 4 is 0 Å². The van der Waals surface area contributed by atoms with E-state index in [0.717, 1.165) is 24.2 Å². The first-order valence-electron chi connectivity index (χ1n) is 13.3. The fourth-order valence-electron chi connectivity index (χ4n) is 9.51. The third-order valence-electron chi connectivity index (χ3n) is 11.1. The van der Waals surface area contributed by atoms with E-state index in [1.807, 2.05) is 0 Å². The van der Waals surface area contributed by atoms with E-state index in [0.29, 0.717) is 34.5 Å². The van der Waals surface area contributed by atoms with Crippen molar-refractivity contribution < 1.29 is 4.92 Å². The summed E-state index contributed by atoms with van der Waals surface area (Å²) in [5.74, 6) is 4.46. The monoisotopic (exact) mass is 417 g/mol. The fourth-order valence-corrected chi connectivity index (χ4v) is 9.51. The van der Waals surface area contributed by atoms with Crippen LogP contribution in [0.4, 0.5) is 0 Å². The molecule has 4 saturated carbocycles. The predicted octanol–water partition coefficient (Wildman–Crippen LogP) is 7.75. The van der Waals surface area contributed by atoms with Crippen LogP contribution < -0.4 is 0 Å². The van der Waals surface area contributed by atoms with E-state index in [1.54, 1.807) is 0 Å². The number of fused-ring (bicyclic) bond motifs is 5. The Morgan fingerprint density at radius 3 is 2.37 bits per heavy atom. The molecular formula is C27H47NO2. The van der Waals surface area contributed by atoms with Crippen LogP contribution >= 0.6 is 0 Å². The topological polar surface area (TPSA) is 43.1 Å². The summed E-state index contributed by atoms with van der Waals surface area (Å²) in [7, 11) is 0. The maximum atomic E-state index is 12.3. The van der Waals surface area contributed by atoms with Crippen molar-refractivity contribution in [3.05, 3.63) is 10.1 Å². The molecule has 0 heterocycles. The Kier molecular flexibility index (Phi) is 6.32. The highest BCUT2D eigenvalue weighted by Crippen LogP contribution is 2.68. The maximum absolute atomic E-state index is 12.3. The molecule has 172 valence electrons. The molecule has 0 aliphatic heterocycles. The first-order valence-corrected chi connectivity index (χ1v) is 13.3. The molecule has 0 amide bonds. The summed E-state index contributed by atoms with van der Waals surface area (Å²) in [4.78, 5) is 12.5. The van der Waals surface area contributed by atoms with Crippen molar-refractivity contribution in [3.8, 4) is 0 Å². The number of nitro groups is 1. The normalized spacial score (nSPS) is 46.7. The van der Waals surface area contributed by atoms with E-state index in [1.165, 1.54) is 70.6 Å². The zero-order chi connectivity index (χ0) is 21.7. The molecule has 4 rings (SSSR count). The summed E-state index contributed by atoms with van der Waals surface area (Å²) in [5.41, 5.74) is 0.711. The van der Waals surface area contributed by atoms with Crippen LogP contribution in [0, 0.1) is 62.4 Å². The van der Waals surface area contributed by atoms with Gasteiger partial charge in [-0.3, -0.25) is 10.1 Å². The van der Waals surface area contributed by atoms with Crippen molar-refractivity contribution in [3.63, 3.8) is 0 Å². The van der Waals surface area contributed by atoms with Crippen LogP contribution in [0.15, 0.2) is 0 Å². The zero-order valence-electron chi connectivity index (χ0n) is 20.4. The summed E-state index contributed by atoms with van der Waals surface area (Å²) in [5, 5.41) is 12.3. The minimum absolute atomic E-state index is 0.164. The second kappa shape index (κ2) is 8.39. The standard InChI is InChI=1S/C27H47NO2/c1-18(2)9-8-10-19(3)21-12-13-22-25-23(14-16-27(21,22)5)26(4)15-7-6-11-20(26)17-24(25)28(29)30/h18-25H,6-17H2,1-5H3/t19-,20-,21+,22-,23+,24-,25-,26-,27+/m1/s1. The highest BCUT2D eigenvalue weighted by molar-refractivity contribution is 5.11. The Morgan fingerprint density at radius 1 is 0.933 bits per heavy atom. The van der Waals surface area contributed by atoms with Gasteiger partial charge in [0, 0.05) is 17.3 Å². The van der Waals surface area contributed by atoms with Crippen molar-refractivity contribution in [2.24, 2.45) is 52.3 Å². The van der Waals surface area contributed by atoms with E-state index in [2.05, 4.69) is 34.6 Å². The van der Waals surface area contributed by atoms with E-state index < -0.39 is 0 Å². The van der Waals surface area contributed by atoms with E-state index in [9.17, 15) is 10.1 Å². The average Bonchev–Trinajstić information content (AvgIpc) is 3.03. The molecule has 3 nitrogen and oxygen atoms in total. The minimum Gasteiger partial charge on any atom is -0.264 e. The zero-order valence-corrected chi connectivity index (χ0v) is 20.4. The van der Waals surface area contributed by atoms with Crippen molar-refractivity contribution in [2.75, 3.05) is 0 Å². The molecule has 0 spiro atoms. The molecule has 4 fully saturated rings. The molecule has 0 radical (unpaired) electrons. The van der Waals surface area contributed by atoms with Gasteiger partial charge in [-0.15, -0.1) is 0 Å². The quantitative estimate of drug-likeness (QED) is 0.327. The van der Waals surface area contributed by atoms with Crippen molar-refractivity contribution in [1.82, 2.24) is 0 Å². The lowest BCUT2D eigenvalue weighted by atomic mass is 9.43. The number of nitrogens with zero attached hydrogens (tertiary/aromatic N) is 1. The second-order valence-electron chi connectivity index (χ2n) is 12.9. The van der Waals surface area contributed by atoms with Crippen LogP contribution in [-0.4, -0.2) is 11.0 Å². The third-order valence-corrected chi connectivity index (χ3v) is 11.1. The molecule has 0 aromatic heterocycles. The summed E-state index contributed by atoms with van der Waals surface area (Å²) < 4.78 is 0. The van der Waals surface area contributed by atoms with Gasteiger partial charge in [-0.05, 0) is 84.9 Å². The average molecular weight is 418 g/mol. The van der Waals surface area contributed by atoms with Crippen LogP contribution in [0.2, 0.25) is 0 Å². The van der Waals surface area contributed by atoms with Crippen LogP contribution in [0.1, 0.15) is 112 Å². The fraction of sp³-hybridized carbons (Fsp3) is 1.00. The lowest BCUT2D eigenvalue weighted by molar-refractivity contribution is -0.548. The van der Waals surface area contributed by atoms with Gasteiger partial charge in [0.25, 0.3) is 0 Å². The van der Waals surface area contributed by atoms with Crippen LogP contribution in [0.25, 0.3) is 0 Å². The molecule has 3 heteroatoms. The molecule has 4 aliphatic rings. The predicted molar refractivity (Wildman–Crippen MR) is 124 cm³/mol. The van der Waals surface area contributed by atoms with Gasteiger partial charge < -0.3 is 0 Å². The first-order chi connectivity index (χ1) is 14.2. The summed E-state index contributed by atoms with van der Waals surface area (Å²) in [6, 6.07) is -0.272. The molecular weight excluding hydrogens is 370 g/mol. The van der Waals surface area contributed by atoms with Crippen molar-refractivity contribution in [1.29, 1.82) is 0 Å². The van der Waals surface area contributed by atoms with Gasteiger partial charge in [0.2, 0.25) is 6.04 Å². The van der Waals surface area contributed by atoms with Gasteiger partial charge in [0.1, 0.15) is 0 Å². The van der Waals surface area contributed by atoms with E-state index >= 15 is 0 Å². The van der Waals surface area contributed by atoms with Gasteiger partial charge in [-0.1, -0.05) is 66.7 Å². The summed E-state index contributed by atoms with van der Waals surface area (Å²) >= 11 is 0. The summed E-state index contributed by atoms with van der Waals surface area (Å²) in [6.07, 6.45) is 15.2. The van der Waals surface area contributed by atoms with Crippen LogP contribution in [0.3, 0.4) is 0 Å². The Morgan fingerprint density at radius 2 is 1.67 bits per heavy atom. The molecule has 0 aromatic rings.